The van der Waals surface area contributed by atoms with Gasteiger partial charge >= 0.3 is 0 Å². The van der Waals surface area contributed by atoms with Crippen molar-refractivity contribution in [1.82, 2.24) is 5.32 Å². The first kappa shape index (κ1) is 18.7. The third kappa shape index (κ3) is 5.16. The van der Waals surface area contributed by atoms with Gasteiger partial charge in [0.2, 0.25) is 11.8 Å². The van der Waals surface area contributed by atoms with E-state index in [2.05, 4.69) is 5.32 Å². The monoisotopic (exact) mass is 339 g/mol. The Bertz CT molecular complexity index is 711. The molecule has 5 N–H and O–H groups in total. The van der Waals surface area contributed by atoms with Crippen molar-refractivity contribution in [2.45, 2.75) is 32.4 Å². The molecule has 2 aromatic carbocycles. The molecule has 0 heterocycles. The molecule has 25 heavy (non-hydrogen) atoms. The molecular formula is C20H25N3O2. The molecular weight excluding hydrogens is 314 g/mol. The van der Waals surface area contributed by atoms with Gasteiger partial charge in [-0.25, -0.2) is 0 Å². The van der Waals surface area contributed by atoms with Crippen LogP contribution in [0.4, 0.5) is 0 Å². The quantitative estimate of drug-likeness (QED) is 0.722. The molecule has 0 radical (unpaired) electrons. The van der Waals surface area contributed by atoms with Gasteiger partial charge in [-0.1, -0.05) is 68.4 Å². The fourth-order valence-electron chi connectivity index (χ4n) is 2.64. The molecule has 5 heteroatoms. The molecule has 0 aliphatic carbocycles. The lowest BCUT2D eigenvalue weighted by Gasteiger charge is -2.20. The van der Waals surface area contributed by atoms with E-state index >= 15 is 0 Å². The zero-order valence-corrected chi connectivity index (χ0v) is 14.6. The second-order valence-electron chi connectivity index (χ2n) is 6.56. The van der Waals surface area contributed by atoms with E-state index in [0.717, 1.165) is 11.1 Å². The Labute approximate surface area is 148 Å². The van der Waals surface area contributed by atoms with Crippen LogP contribution in [-0.2, 0) is 9.59 Å². The average Bonchev–Trinajstić information content (AvgIpc) is 2.61. The van der Waals surface area contributed by atoms with Crippen molar-refractivity contribution < 1.29 is 9.59 Å². The van der Waals surface area contributed by atoms with Crippen LogP contribution >= 0.6 is 0 Å². The summed E-state index contributed by atoms with van der Waals surface area (Å²) in [6, 6.07) is 15.9. The number of hydrogen-bond donors (Lipinski definition) is 3. The first-order valence-electron chi connectivity index (χ1n) is 8.39. The minimum Gasteiger partial charge on any atom is -0.368 e. The fourth-order valence-corrected chi connectivity index (χ4v) is 2.64. The van der Waals surface area contributed by atoms with Crippen molar-refractivity contribution in [3.63, 3.8) is 0 Å². The van der Waals surface area contributed by atoms with Crippen LogP contribution in [0, 0.1) is 5.92 Å². The summed E-state index contributed by atoms with van der Waals surface area (Å²) in [4.78, 5) is 23.8. The van der Waals surface area contributed by atoms with Gasteiger partial charge in [-0.15, -0.1) is 0 Å². The molecule has 2 rings (SSSR count). The Morgan fingerprint density at radius 3 is 2.04 bits per heavy atom. The maximum absolute atomic E-state index is 12.4. The zero-order valence-electron chi connectivity index (χ0n) is 14.6. The maximum atomic E-state index is 12.4. The van der Waals surface area contributed by atoms with Gasteiger partial charge in [0.1, 0.15) is 12.1 Å². The summed E-state index contributed by atoms with van der Waals surface area (Å²) in [6.07, 6.45) is 0.487. The van der Waals surface area contributed by atoms with Gasteiger partial charge in [0.15, 0.2) is 0 Å². The molecule has 0 aliphatic heterocycles. The second-order valence-corrected chi connectivity index (χ2v) is 6.56. The predicted octanol–water partition coefficient (Wildman–Crippen LogP) is 2.37. The van der Waals surface area contributed by atoms with Crippen LogP contribution in [0.5, 0.6) is 0 Å². The Morgan fingerprint density at radius 2 is 1.52 bits per heavy atom. The minimum absolute atomic E-state index is 0.235. The minimum atomic E-state index is -0.848. The highest BCUT2D eigenvalue weighted by Crippen LogP contribution is 2.21. The molecule has 2 atom stereocenters. The van der Waals surface area contributed by atoms with Crippen LogP contribution in [0.1, 0.15) is 31.9 Å². The summed E-state index contributed by atoms with van der Waals surface area (Å²) in [7, 11) is 0. The molecule has 0 bridgehead atoms. The molecule has 0 aliphatic rings. The van der Waals surface area contributed by atoms with Crippen LogP contribution < -0.4 is 16.8 Å². The van der Waals surface area contributed by atoms with Crippen molar-refractivity contribution in [2.24, 2.45) is 17.4 Å². The van der Waals surface area contributed by atoms with E-state index in [1.165, 1.54) is 0 Å². The topological polar surface area (TPSA) is 98.2 Å². The smallest absolute Gasteiger partial charge is 0.242 e. The Hall–Kier alpha value is -2.66. The van der Waals surface area contributed by atoms with E-state index in [1.54, 1.807) is 0 Å². The summed E-state index contributed by atoms with van der Waals surface area (Å²) in [5.74, 6) is -0.718. The SMILES string of the molecule is CC(C)C[C@H](NC(=O)[C@@H](N)c1ccc(-c2ccccc2)cc1)C(N)=O. The Morgan fingerprint density at radius 1 is 0.960 bits per heavy atom. The lowest BCUT2D eigenvalue weighted by molar-refractivity contribution is -0.128. The van der Waals surface area contributed by atoms with E-state index in [1.807, 2.05) is 68.4 Å². The van der Waals surface area contributed by atoms with Gasteiger partial charge in [0.05, 0.1) is 0 Å². The maximum Gasteiger partial charge on any atom is 0.242 e. The normalized spacial score (nSPS) is 13.3. The summed E-state index contributed by atoms with van der Waals surface area (Å²) >= 11 is 0. The van der Waals surface area contributed by atoms with E-state index in [0.29, 0.717) is 12.0 Å². The average molecular weight is 339 g/mol. The molecule has 0 fully saturated rings. The first-order valence-corrected chi connectivity index (χ1v) is 8.39. The van der Waals surface area contributed by atoms with Crippen molar-refractivity contribution in [2.75, 3.05) is 0 Å². The number of nitrogens with one attached hydrogen (secondary N) is 1. The third-order valence-corrected chi connectivity index (χ3v) is 4.03. The van der Waals surface area contributed by atoms with Crippen molar-refractivity contribution in [3.8, 4) is 11.1 Å². The standard InChI is InChI=1S/C20H25N3O2/c1-13(2)12-17(19(22)24)23-20(25)18(21)16-10-8-15(9-11-16)14-6-4-3-5-7-14/h3-11,13,17-18H,12,21H2,1-2H3,(H2,22,24)(H,23,25)/t17-,18-/m0/s1. The Balaban J connectivity index is 2.07. The molecule has 0 spiro atoms. The molecule has 2 amide bonds. The van der Waals surface area contributed by atoms with E-state index < -0.39 is 23.9 Å². The van der Waals surface area contributed by atoms with Gasteiger partial charge < -0.3 is 16.8 Å². The number of benzene rings is 2. The number of nitrogens with two attached hydrogens (primary N) is 2. The van der Waals surface area contributed by atoms with Crippen LogP contribution in [-0.4, -0.2) is 17.9 Å². The number of primary amides is 1. The highest BCUT2D eigenvalue weighted by molar-refractivity contribution is 5.89. The Kier molecular flexibility index (Phi) is 6.31. The van der Waals surface area contributed by atoms with Gasteiger partial charge in [-0.05, 0) is 29.0 Å². The van der Waals surface area contributed by atoms with Gasteiger partial charge in [0, 0.05) is 0 Å². The summed E-state index contributed by atoms with van der Waals surface area (Å²) in [5.41, 5.74) is 14.2. The van der Waals surface area contributed by atoms with Crippen LogP contribution in [0.2, 0.25) is 0 Å². The van der Waals surface area contributed by atoms with Crippen molar-refractivity contribution in [3.05, 3.63) is 60.2 Å². The molecule has 5 nitrogen and oxygen atoms in total. The van der Waals surface area contributed by atoms with E-state index in [-0.39, 0.29) is 5.92 Å². The second kappa shape index (κ2) is 8.44. The van der Waals surface area contributed by atoms with E-state index in [4.69, 9.17) is 11.5 Å². The lowest BCUT2D eigenvalue weighted by atomic mass is 9.99. The number of amides is 2. The van der Waals surface area contributed by atoms with Gasteiger partial charge in [-0.2, -0.15) is 0 Å². The summed E-state index contributed by atoms with van der Waals surface area (Å²) in [5, 5.41) is 2.65. The van der Waals surface area contributed by atoms with E-state index in [9.17, 15) is 9.59 Å². The molecule has 0 unspecified atom stereocenters. The number of rotatable bonds is 7. The van der Waals surface area contributed by atoms with Gasteiger partial charge in [0.25, 0.3) is 0 Å². The predicted molar refractivity (Wildman–Crippen MR) is 99.4 cm³/mol. The van der Waals surface area contributed by atoms with Crippen molar-refractivity contribution >= 4 is 11.8 Å². The lowest BCUT2D eigenvalue weighted by Crippen LogP contribution is -2.48. The molecule has 0 aromatic heterocycles. The molecule has 132 valence electrons. The first-order chi connectivity index (χ1) is 11.9. The highest BCUT2D eigenvalue weighted by Gasteiger charge is 2.23. The fraction of sp³-hybridized carbons (Fsp3) is 0.300. The number of carbonyl (C=O) groups excluding carboxylic acids is 2. The molecule has 0 saturated carbocycles. The largest absolute Gasteiger partial charge is 0.368 e. The van der Waals surface area contributed by atoms with Crippen LogP contribution in [0.15, 0.2) is 54.6 Å². The third-order valence-electron chi connectivity index (χ3n) is 4.03. The molecule has 2 aromatic rings. The number of hydrogen-bond acceptors (Lipinski definition) is 3. The zero-order chi connectivity index (χ0) is 18.4. The van der Waals surface area contributed by atoms with Crippen LogP contribution in [0.25, 0.3) is 11.1 Å². The number of carbonyl (C=O) groups is 2. The molecule has 0 saturated heterocycles. The van der Waals surface area contributed by atoms with Crippen LogP contribution in [0.3, 0.4) is 0 Å². The summed E-state index contributed by atoms with van der Waals surface area (Å²) in [6.45, 7) is 3.93. The van der Waals surface area contributed by atoms with Crippen molar-refractivity contribution in [1.29, 1.82) is 0 Å². The van der Waals surface area contributed by atoms with Gasteiger partial charge in [-0.3, -0.25) is 9.59 Å². The summed E-state index contributed by atoms with van der Waals surface area (Å²) < 4.78 is 0. The highest BCUT2D eigenvalue weighted by atomic mass is 16.2.